The van der Waals surface area contributed by atoms with Crippen molar-refractivity contribution in [3.8, 4) is 11.6 Å². The second kappa shape index (κ2) is 9.20. The number of hydrogen-bond acceptors (Lipinski definition) is 10. The Balaban J connectivity index is 1.69. The van der Waals surface area contributed by atoms with Crippen LogP contribution in [0.15, 0.2) is 30.7 Å². The molecule has 12 heteroatoms. The van der Waals surface area contributed by atoms with Crippen LogP contribution in [0.5, 0.6) is 5.75 Å². The van der Waals surface area contributed by atoms with Gasteiger partial charge in [0.05, 0.1) is 29.5 Å². The summed E-state index contributed by atoms with van der Waals surface area (Å²) in [5.41, 5.74) is 2.01. The maximum absolute atomic E-state index is 11.9. The van der Waals surface area contributed by atoms with Crippen LogP contribution in [0.4, 0.5) is 23.0 Å². The van der Waals surface area contributed by atoms with E-state index in [-0.39, 0.29) is 11.6 Å². The highest BCUT2D eigenvalue weighted by Crippen LogP contribution is 2.39. The molecule has 0 radical (unpaired) electrons. The Morgan fingerprint density at radius 1 is 1.21 bits per heavy atom. The zero-order chi connectivity index (χ0) is 23.5. The lowest BCUT2D eigenvalue weighted by Gasteiger charge is -2.34. The Kier molecular flexibility index (Phi) is 6.18. The molecule has 0 unspecified atom stereocenters. The van der Waals surface area contributed by atoms with E-state index in [4.69, 9.17) is 4.74 Å². The van der Waals surface area contributed by atoms with Crippen molar-refractivity contribution in [2.45, 2.75) is 6.92 Å². The van der Waals surface area contributed by atoms with E-state index in [1.165, 1.54) is 24.1 Å². The van der Waals surface area contributed by atoms with Gasteiger partial charge < -0.3 is 19.9 Å². The number of anilines is 3. The standard InChI is InChI=1S/C21H24N8O4/c1-14-10-22-21(25-20(14)28-12-15(13-30)11-23-28)24-16-8-18(29(31)32)17(9-19(16)33-3)27-6-4-26(2)5-7-27/h8-13H,4-7H2,1-3H3,(H,22,24,25). The van der Waals surface area contributed by atoms with Crippen molar-refractivity contribution in [3.63, 3.8) is 0 Å². The van der Waals surface area contributed by atoms with Gasteiger partial charge in [-0.05, 0) is 14.0 Å². The first-order valence-electron chi connectivity index (χ1n) is 10.3. The van der Waals surface area contributed by atoms with E-state index in [2.05, 4.69) is 25.3 Å². The zero-order valence-corrected chi connectivity index (χ0v) is 18.6. The number of nitrogens with one attached hydrogen (secondary N) is 1. The molecule has 2 aromatic heterocycles. The molecule has 1 N–H and O–H groups in total. The van der Waals surface area contributed by atoms with Crippen LogP contribution < -0.4 is 15.0 Å². The Morgan fingerprint density at radius 3 is 2.61 bits per heavy atom. The molecule has 1 saturated heterocycles. The number of methoxy groups -OCH3 is 1. The van der Waals surface area contributed by atoms with Crippen LogP contribution in [0.25, 0.3) is 5.82 Å². The van der Waals surface area contributed by atoms with Crippen molar-refractivity contribution in [1.29, 1.82) is 0 Å². The van der Waals surface area contributed by atoms with Crippen molar-refractivity contribution in [2.75, 3.05) is 50.6 Å². The summed E-state index contributed by atoms with van der Waals surface area (Å²) in [6.45, 7) is 4.82. The molecule has 0 spiro atoms. The highest BCUT2D eigenvalue weighted by atomic mass is 16.6. The minimum atomic E-state index is -0.398. The average molecular weight is 452 g/mol. The minimum absolute atomic E-state index is 0.0297. The quantitative estimate of drug-likeness (QED) is 0.323. The summed E-state index contributed by atoms with van der Waals surface area (Å²) in [6, 6.07) is 3.11. The third kappa shape index (κ3) is 4.60. The molecule has 1 aliphatic heterocycles. The van der Waals surface area contributed by atoms with Gasteiger partial charge in [0.15, 0.2) is 12.1 Å². The predicted octanol–water partition coefficient (Wildman–Crippen LogP) is 2.20. The van der Waals surface area contributed by atoms with Crippen LogP contribution in [-0.4, -0.2) is 76.2 Å². The number of benzene rings is 1. The molecule has 1 fully saturated rings. The number of nitro groups is 1. The van der Waals surface area contributed by atoms with E-state index in [1.807, 2.05) is 18.9 Å². The smallest absolute Gasteiger partial charge is 0.294 e. The molecule has 0 amide bonds. The van der Waals surface area contributed by atoms with E-state index in [0.717, 1.165) is 18.7 Å². The second-order valence-corrected chi connectivity index (χ2v) is 7.75. The highest BCUT2D eigenvalue weighted by Gasteiger charge is 2.26. The summed E-state index contributed by atoms with van der Waals surface area (Å²) >= 11 is 0. The summed E-state index contributed by atoms with van der Waals surface area (Å²) < 4.78 is 7.00. The van der Waals surface area contributed by atoms with Gasteiger partial charge in [0.2, 0.25) is 5.95 Å². The lowest BCUT2D eigenvalue weighted by molar-refractivity contribution is -0.384. The zero-order valence-electron chi connectivity index (χ0n) is 18.6. The second-order valence-electron chi connectivity index (χ2n) is 7.75. The lowest BCUT2D eigenvalue weighted by atomic mass is 10.1. The van der Waals surface area contributed by atoms with E-state index in [1.54, 1.807) is 18.5 Å². The molecule has 0 aliphatic carbocycles. The molecule has 1 aromatic carbocycles. The van der Waals surface area contributed by atoms with Gasteiger partial charge in [-0.15, -0.1) is 0 Å². The number of aromatic nitrogens is 4. The number of nitro benzene ring substituents is 1. The van der Waals surface area contributed by atoms with E-state index in [9.17, 15) is 14.9 Å². The molecule has 4 rings (SSSR count). The van der Waals surface area contributed by atoms with Gasteiger partial charge in [0, 0.05) is 56.3 Å². The average Bonchev–Trinajstić information content (AvgIpc) is 3.29. The third-order valence-electron chi connectivity index (χ3n) is 5.48. The molecular weight excluding hydrogens is 428 g/mol. The minimum Gasteiger partial charge on any atom is -0.494 e. The van der Waals surface area contributed by atoms with Crippen molar-refractivity contribution in [1.82, 2.24) is 24.6 Å². The lowest BCUT2D eigenvalue weighted by Crippen LogP contribution is -2.44. The number of nitrogens with zero attached hydrogens (tertiary/aromatic N) is 7. The number of aryl methyl sites for hydroxylation is 1. The number of piperazine rings is 1. The van der Waals surface area contributed by atoms with Gasteiger partial charge in [-0.1, -0.05) is 0 Å². The van der Waals surface area contributed by atoms with Crippen molar-refractivity contribution < 1.29 is 14.5 Å². The fraction of sp³-hybridized carbons (Fsp3) is 0.333. The van der Waals surface area contributed by atoms with E-state index < -0.39 is 4.92 Å². The van der Waals surface area contributed by atoms with Crippen molar-refractivity contribution in [2.24, 2.45) is 0 Å². The van der Waals surface area contributed by atoms with Crippen molar-refractivity contribution in [3.05, 3.63) is 52.0 Å². The summed E-state index contributed by atoms with van der Waals surface area (Å²) in [5.74, 6) is 1.12. The van der Waals surface area contributed by atoms with Crippen LogP contribution in [0.3, 0.4) is 0 Å². The molecule has 1 aliphatic rings. The van der Waals surface area contributed by atoms with Crippen LogP contribution in [0.2, 0.25) is 0 Å². The number of aldehydes is 1. The van der Waals surface area contributed by atoms with Crippen LogP contribution >= 0.6 is 0 Å². The fourth-order valence-corrected chi connectivity index (χ4v) is 3.63. The highest BCUT2D eigenvalue weighted by molar-refractivity contribution is 5.77. The first-order chi connectivity index (χ1) is 15.9. The third-order valence-corrected chi connectivity index (χ3v) is 5.48. The van der Waals surface area contributed by atoms with Gasteiger partial charge in [-0.3, -0.25) is 14.9 Å². The maximum atomic E-state index is 11.9. The number of hydrogen-bond donors (Lipinski definition) is 1. The number of carbonyl (C=O) groups is 1. The first-order valence-corrected chi connectivity index (χ1v) is 10.3. The Bertz CT molecular complexity index is 1190. The van der Waals surface area contributed by atoms with Crippen molar-refractivity contribution >= 4 is 29.3 Å². The summed E-state index contributed by atoms with van der Waals surface area (Å²) in [7, 11) is 3.53. The van der Waals surface area contributed by atoms with Crippen LogP contribution in [0.1, 0.15) is 15.9 Å². The monoisotopic (exact) mass is 452 g/mol. The molecule has 172 valence electrons. The molecule has 0 saturated carbocycles. The maximum Gasteiger partial charge on any atom is 0.294 e. The van der Waals surface area contributed by atoms with Gasteiger partial charge in [-0.2, -0.15) is 10.1 Å². The number of rotatable bonds is 7. The fourth-order valence-electron chi connectivity index (χ4n) is 3.63. The van der Waals surface area contributed by atoms with E-state index >= 15 is 0 Å². The predicted molar refractivity (Wildman–Crippen MR) is 122 cm³/mol. The number of ether oxygens (including phenoxy) is 1. The molecule has 3 heterocycles. The van der Waals surface area contributed by atoms with Gasteiger partial charge in [0.25, 0.3) is 5.69 Å². The normalized spacial score (nSPS) is 14.2. The largest absolute Gasteiger partial charge is 0.494 e. The Labute approximate surface area is 190 Å². The Morgan fingerprint density at radius 2 is 1.97 bits per heavy atom. The summed E-state index contributed by atoms with van der Waals surface area (Å²) in [5, 5.41) is 19.1. The number of likely N-dealkylation sites (N-methyl/N-ethyl adjacent to an activating group) is 1. The van der Waals surface area contributed by atoms with Gasteiger partial charge >= 0.3 is 0 Å². The first kappa shape index (κ1) is 22.1. The molecule has 3 aromatic rings. The van der Waals surface area contributed by atoms with Gasteiger partial charge in [-0.25, -0.2) is 9.67 Å². The molecule has 12 nitrogen and oxygen atoms in total. The molecule has 0 bridgehead atoms. The van der Waals surface area contributed by atoms with Crippen LogP contribution in [-0.2, 0) is 0 Å². The molecule has 33 heavy (non-hydrogen) atoms. The Hall–Kier alpha value is -4.06. The van der Waals surface area contributed by atoms with E-state index in [0.29, 0.717) is 47.9 Å². The van der Waals surface area contributed by atoms with Crippen LogP contribution in [0, 0.1) is 17.0 Å². The number of carbonyl (C=O) groups excluding carboxylic acids is 1. The summed E-state index contributed by atoms with van der Waals surface area (Å²) in [6.07, 6.45) is 5.30. The molecular formula is C21H24N8O4. The summed E-state index contributed by atoms with van der Waals surface area (Å²) in [4.78, 5) is 35.4. The topological polar surface area (TPSA) is 132 Å². The molecule has 0 atom stereocenters. The van der Waals surface area contributed by atoms with Gasteiger partial charge in [0.1, 0.15) is 11.4 Å². The SMILES string of the molecule is COc1cc(N2CCN(C)CC2)c([N+](=O)[O-])cc1Nc1ncc(C)c(-n2cc(C=O)cn2)n1.